The van der Waals surface area contributed by atoms with Crippen molar-refractivity contribution in [2.45, 2.75) is 44.8 Å². The largest absolute Gasteiger partial charge is 0.455 e. The molecule has 0 saturated carbocycles. The van der Waals surface area contributed by atoms with Gasteiger partial charge < -0.3 is 14.6 Å². The van der Waals surface area contributed by atoms with E-state index in [0.717, 1.165) is 40.4 Å². The highest BCUT2D eigenvalue weighted by molar-refractivity contribution is 7.99. The summed E-state index contributed by atoms with van der Waals surface area (Å²) in [5, 5.41) is 3.61. The number of imidazole rings is 1. The summed E-state index contributed by atoms with van der Waals surface area (Å²) in [6, 6.07) is 15.6. The minimum Gasteiger partial charge on any atom is -0.455 e. The number of aromatic nitrogens is 2. The normalized spacial score (nSPS) is 11.1. The van der Waals surface area contributed by atoms with Crippen LogP contribution in [0.3, 0.4) is 0 Å². The van der Waals surface area contributed by atoms with Crippen LogP contribution in [0.4, 0.5) is 5.69 Å². The van der Waals surface area contributed by atoms with Gasteiger partial charge in [-0.3, -0.25) is 9.59 Å². The van der Waals surface area contributed by atoms with E-state index in [-0.39, 0.29) is 24.2 Å². The van der Waals surface area contributed by atoms with E-state index in [1.807, 2.05) is 48.5 Å². The zero-order chi connectivity index (χ0) is 21.5. The fourth-order valence-corrected chi connectivity index (χ4v) is 4.05. The summed E-state index contributed by atoms with van der Waals surface area (Å²) in [6.45, 7) is 6.75. The molecule has 0 aliphatic heterocycles. The quantitative estimate of drug-likeness (QED) is 0.392. The Kier molecular flexibility index (Phi) is 7.52. The van der Waals surface area contributed by atoms with Crippen LogP contribution in [0.5, 0.6) is 0 Å². The lowest BCUT2D eigenvalue weighted by atomic mass is 10.0. The minimum absolute atomic E-state index is 0.100. The molecule has 0 spiro atoms. The number of ether oxygens (including phenoxy) is 1. The van der Waals surface area contributed by atoms with Crippen molar-refractivity contribution in [1.29, 1.82) is 0 Å². The molecule has 1 aromatic heterocycles. The Hall–Kier alpha value is -2.80. The molecule has 0 aliphatic rings. The van der Waals surface area contributed by atoms with Crippen LogP contribution in [-0.4, -0.2) is 33.8 Å². The van der Waals surface area contributed by atoms with Gasteiger partial charge in [0.1, 0.15) is 0 Å². The number of amides is 1. The molecule has 0 bridgehead atoms. The van der Waals surface area contributed by atoms with Crippen LogP contribution in [0.25, 0.3) is 11.0 Å². The first-order valence-corrected chi connectivity index (χ1v) is 11.1. The predicted molar refractivity (Wildman–Crippen MR) is 121 cm³/mol. The number of nitrogens with one attached hydrogen (secondary N) is 1. The van der Waals surface area contributed by atoms with Crippen molar-refractivity contribution in [3.05, 3.63) is 54.1 Å². The van der Waals surface area contributed by atoms with Gasteiger partial charge in [-0.15, -0.1) is 0 Å². The molecule has 0 atom stereocenters. The zero-order valence-electron chi connectivity index (χ0n) is 17.6. The maximum atomic E-state index is 12.2. The summed E-state index contributed by atoms with van der Waals surface area (Å²) in [5.41, 5.74) is 3.75. The Morgan fingerprint density at radius 1 is 1.13 bits per heavy atom. The Bertz CT molecular complexity index is 1030. The molecule has 158 valence electrons. The van der Waals surface area contributed by atoms with Crippen molar-refractivity contribution in [3.63, 3.8) is 0 Å². The van der Waals surface area contributed by atoms with Crippen LogP contribution >= 0.6 is 11.8 Å². The molecule has 0 fully saturated rings. The highest BCUT2D eigenvalue weighted by Gasteiger charge is 2.15. The summed E-state index contributed by atoms with van der Waals surface area (Å²) in [6.07, 6.45) is 0.969. The lowest BCUT2D eigenvalue weighted by Gasteiger charge is -2.13. The number of carbonyl (C=O) groups is 2. The Balaban J connectivity index is 1.54. The molecule has 1 N–H and O–H groups in total. The maximum Gasteiger partial charge on any atom is 0.316 e. The number of benzene rings is 2. The lowest BCUT2D eigenvalue weighted by Crippen LogP contribution is -2.22. The van der Waals surface area contributed by atoms with E-state index in [1.54, 1.807) is 0 Å². The van der Waals surface area contributed by atoms with Gasteiger partial charge in [0, 0.05) is 12.2 Å². The van der Waals surface area contributed by atoms with Crippen LogP contribution in [-0.2, 0) is 20.9 Å². The highest BCUT2D eigenvalue weighted by Crippen LogP contribution is 2.25. The number of carbonyl (C=O) groups excluding carboxylic acids is 2. The second-order valence-corrected chi connectivity index (χ2v) is 8.22. The highest BCUT2D eigenvalue weighted by atomic mass is 32.2. The number of anilines is 1. The Morgan fingerprint density at radius 2 is 1.87 bits per heavy atom. The van der Waals surface area contributed by atoms with Gasteiger partial charge in [0.05, 0.1) is 16.8 Å². The van der Waals surface area contributed by atoms with Crippen LogP contribution in [0.15, 0.2) is 53.7 Å². The van der Waals surface area contributed by atoms with E-state index >= 15 is 0 Å². The van der Waals surface area contributed by atoms with Crippen molar-refractivity contribution >= 4 is 40.4 Å². The summed E-state index contributed by atoms with van der Waals surface area (Å²) in [7, 11) is 0. The molecule has 3 rings (SSSR count). The third kappa shape index (κ3) is 5.42. The van der Waals surface area contributed by atoms with Crippen molar-refractivity contribution in [1.82, 2.24) is 9.55 Å². The number of esters is 1. The Morgan fingerprint density at radius 3 is 2.63 bits per heavy atom. The topological polar surface area (TPSA) is 73.2 Å². The molecule has 1 heterocycles. The van der Waals surface area contributed by atoms with Gasteiger partial charge in [0.25, 0.3) is 5.91 Å². The van der Waals surface area contributed by atoms with Crippen LogP contribution in [0, 0.1) is 0 Å². The van der Waals surface area contributed by atoms with Gasteiger partial charge >= 0.3 is 5.97 Å². The molecule has 3 aromatic rings. The van der Waals surface area contributed by atoms with E-state index in [9.17, 15) is 9.59 Å². The molecule has 0 aliphatic carbocycles. The number of fused-ring (bicyclic) bond motifs is 1. The number of para-hydroxylation sites is 3. The fourth-order valence-electron chi connectivity index (χ4n) is 3.22. The molecule has 0 saturated heterocycles. The van der Waals surface area contributed by atoms with Gasteiger partial charge in [-0.1, -0.05) is 62.9 Å². The molecular weight excluding hydrogens is 398 g/mol. The average molecular weight is 426 g/mol. The minimum atomic E-state index is -0.442. The molecular formula is C23H27N3O3S. The van der Waals surface area contributed by atoms with E-state index < -0.39 is 5.97 Å². The molecule has 30 heavy (non-hydrogen) atoms. The van der Waals surface area contributed by atoms with Crippen molar-refractivity contribution in [3.8, 4) is 0 Å². The maximum absolute atomic E-state index is 12.2. The van der Waals surface area contributed by atoms with Crippen LogP contribution < -0.4 is 5.32 Å². The van der Waals surface area contributed by atoms with Gasteiger partial charge in [-0.2, -0.15) is 0 Å². The number of rotatable bonds is 9. The molecule has 0 unspecified atom stereocenters. The summed E-state index contributed by atoms with van der Waals surface area (Å²) >= 11 is 1.33. The molecule has 6 nitrogen and oxygen atoms in total. The first kappa shape index (κ1) is 21.9. The lowest BCUT2D eigenvalue weighted by molar-refractivity contribution is -0.144. The summed E-state index contributed by atoms with van der Waals surface area (Å²) in [5.74, 6) is -0.409. The second kappa shape index (κ2) is 10.3. The van der Waals surface area contributed by atoms with Crippen molar-refractivity contribution in [2.24, 2.45) is 0 Å². The summed E-state index contributed by atoms with van der Waals surface area (Å²) < 4.78 is 7.28. The number of hydrogen-bond acceptors (Lipinski definition) is 5. The zero-order valence-corrected chi connectivity index (χ0v) is 18.4. The Labute approximate surface area is 181 Å². The fraction of sp³-hybridized carbons (Fsp3) is 0.348. The van der Waals surface area contributed by atoms with Gasteiger partial charge in [0.15, 0.2) is 11.8 Å². The number of aryl methyl sites for hydroxylation is 1. The second-order valence-electron chi connectivity index (χ2n) is 7.27. The first-order valence-electron chi connectivity index (χ1n) is 10.1. The van der Waals surface area contributed by atoms with E-state index in [2.05, 4.69) is 35.6 Å². The number of hydrogen-bond donors (Lipinski definition) is 1. The standard InChI is InChI=1S/C23H27N3O3S/c1-4-13-26-20-12-8-7-11-19(20)25-23(26)30-15-22(28)29-14-21(27)24-18-10-6-5-9-17(18)16(2)3/h5-12,16H,4,13-15H2,1-3H3,(H,24,27). The first-order chi connectivity index (χ1) is 14.5. The van der Waals surface area contributed by atoms with Gasteiger partial charge in [0.2, 0.25) is 0 Å². The molecule has 0 radical (unpaired) electrons. The van der Waals surface area contributed by atoms with Crippen LogP contribution in [0.1, 0.15) is 38.7 Å². The third-order valence-corrected chi connectivity index (χ3v) is 5.56. The van der Waals surface area contributed by atoms with Crippen molar-refractivity contribution < 1.29 is 14.3 Å². The smallest absolute Gasteiger partial charge is 0.316 e. The van der Waals surface area contributed by atoms with E-state index in [1.165, 1.54) is 11.8 Å². The molecule has 2 aromatic carbocycles. The van der Waals surface area contributed by atoms with E-state index in [4.69, 9.17) is 4.74 Å². The van der Waals surface area contributed by atoms with Crippen molar-refractivity contribution in [2.75, 3.05) is 17.7 Å². The van der Waals surface area contributed by atoms with E-state index in [0.29, 0.717) is 0 Å². The molecule has 1 amide bonds. The predicted octanol–water partition coefficient (Wildman–Crippen LogP) is 4.84. The number of thioether (sulfide) groups is 1. The summed E-state index contributed by atoms with van der Waals surface area (Å²) in [4.78, 5) is 29.0. The monoisotopic (exact) mass is 425 g/mol. The van der Waals surface area contributed by atoms with Gasteiger partial charge in [-0.05, 0) is 36.1 Å². The van der Waals surface area contributed by atoms with Gasteiger partial charge in [-0.25, -0.2) is 4.98 Å². The molecule has 7 heteroatoms. The average Bonchev–Trinajstić information content (AvgIpc) is 3.09. The third-order valence-electron chi connectivity index (χ3n) is 4.61. The van der Waals surface area contributed by atoms with Crippen LogP contribution in [0.2, 0.25) is 0 Å². The number of nitrogens with zero attached hydrogens (tertiary/aromatic N) is 2. The SMILES string of the molecule is CCCn1c(SCC(=O)OCC(=O)Nc2ccccc2C(C)C)nc2ccccc21.